The second-order valence-electron chi connectivity index (χ2n) is 5.54. The Balaban J connectivity index is 2.23. The molecular weight excluding hydrogens is 235 g/mol. The number of rotatable bonds is 2. The molecule has 0 bridgehead atoms. The first-order chi connectivity index (χ1) is 8.28. The summed E-state index contributed by atoms with van der Waals surface area (Å²) >= 11 is 0. The van der Waals surface area contributed by atoms with Gasteiger partial charge in [-0.25, -0.2) is 4.79 Å². The Kier molecular flexibility index (Phi) is 3.20. The third-order valence-corrected chi connectivity index (χ3v) is 2.60. The van der Waals surface area contributed by atoms with Crippen LogP contribution in [-0.4, -0.2) is 38.6 Å². The van der Waals surface area contributed by atoms with Crippen LogP contribution in [0, 0.1) is 0 Å². The highest BCUT2D eigenvalue weighted by Gasteiger charge is 2.34. The van der Waals surface area contributed by atoms with E-state index < -0.39 is 18.8 Å². The van der Waals surface area contributed by atoms with Gasteiger partial charge in [-0.1, -0.05) is 0 Å². The molecule has 0 atom stereocenters. The topological polar surface area (TPSA) is 84.6 Å². The third kappa shape index (κ3) is 2.91. The van der Waals surface area contributed by atoms with Crippen LogP contribution in [0.15, 0.2) is 6.20 Å². The molecule has 1 aliphatic rings. The molecule has 2 rings (SSSR count). The molecule has 6 nitrogen and oxygen atoms in total. The summed E-state index contributed by atoms with van der Waals surface area (Å²) in [7, 11) is -1.61. The van der Waals surface area contributed by atoms with E-state index in [2.05, 4.69) is 5.10 Å². The van der Waals surface area contributed by atoms with Crippen molar-refractivity contribution in [1.82, 2.24) is 9.78 Å². The predicted octanol–water partition coefficient (Wildman–Crippen LogP) is 0.224. The zero-order valence-corrected chi connectivity index (χ0v) is 10.8. The minimum absolute atomic E-state index is 0.227. The average molecular weight is 252 g/mol. The molecule has 0 aliphatic heterocycles. The summed E-state index contributed by atoms with van der Waals surface area (Å²) in [5.74, 6) is 0.227. The number of ether oxygens (including phenoxy) is 1. The van der Waals surface area contributed by atoms with Crippen molar-refractivity contribution in [2.24, 2.45) is 0 Å². The van der Waals surface area contributed by atoms with Gasteiger partial charge in [-0.2, -0.15) is 9.78 Å². The van der Waals surface area contributed by atoms with Crippen molar-refractivity contribution in [2.45, 2.75) is 45.1 Å². The fraction of sp³-hybridized carbons (Fsp3) is 0.636. The van der Waals surface area contributed by atoms with Crippen molar-refractivity contribution in [2.75, 3.05) is 0 Å². The van der Waals surface area contributed by atoms with E-state index in [9.17, 15) is 14.8 Å². The lowest BCUT2D eigenvalue weighted by atomic mass is 9.79. The molecule has 7 heteroatoms. The first kappa shape index (κ1) is 13.1. The number of hydrogen-bond donors (Lipinski definition) is 2. The Bertz CT molecular complexity index is 441. The zero-order valence-electron chi connectivity index (χ0n) is 10.8. The first-order valence-corrected chi connectivity index (χ1v) is 5.97. The standard InChI is InChI=1S/C11H17BN2O4/c1-11(2,3)18-10(15)14-6-8(12(16)17)9(13-14)7-4-5-7/h6-7,16-17H,4-5H2,1-3H3. The van der Waals surface area contributed by atoms with E-state index in [4.69, 9.17) is 4.74 Å². The average Bonchev–Trinajstić information content (AvgIpc) is 2.94. The van der Waals surface area contributed by atoms with Crippen molar-refractivity contribution >= 4 is 18.7 Å². The highest BCUT2D eigenvalue weighted by atomic mass is 16.6. The summed E-state index contributed by atoms with van der Waals surface area (Å²) in [5, 5.41) is 22.6. The number of aromatic nitrogens is 2. The van der Waals surface area contributed by atoms with E-state index in [-0.39, 0.29) is 11.4 Å². The van der Waals surface area contributed by atoms with Crippen LogP contribution >= 0.6 is 0 Å². The van der Waals surface area contributed by atoms with Crippen LogP contribution in [0.5, 0.6) is 0 Å². The molecule has 1 heterocycles. The Morgan fingerprint density at radius 1 is 1.50 bits per heavy atom. The van der Waals surface area contributed by atoms with Gasteiger partial charge in [0.25, 0.3) is 0 Å². The van der Waals surface area contributed by atoms with Gasteiger partial charge in [0, 0.05) is 17.6 Å². The molecule has 0 saturated heterocycles. The van der Waals surface area contributed by atoms with Crippen LogP contribution in [0.4, 0.5) is 4.79 Å². The summed E-state index contributed by atoms with van der Waals surface area (Å²) in [6, 6.07) is 0. The normalized spacial score (nSPS) is 15.6. The van der Waals surface area contributed by atoms with Gasteiger partial charge in [-0.15, -0.1) is 0 Å². The Hall–Kier alpha value is -1.34. The largest absolute Gasteiger partial charge is 0.491 e. The van der Waals surface area contributed by atoms with Crippen LogP contribution in [0.2, 0.25) is 0 Å². The second-order valence-corrected chi connectivity index (χ2v) is 5.54. The van der Waals surface area contributed by atoms with Crippen LogP contribution in [0.3, 0.4) is 0 Å². The van der Waals surface area contributed by atoms with Crippen molar-refractivity contribution in [3.8, 4) is 0 Å². The van der Waals surface area contributed by atoms with Crippen LogP contribution < -0.4 is 5.46 Å². The predicted molar refractivity (Wildman–Crippen MR) is 65.7 cm³/mol. The van der Waals surface area contributed by atoms with Gasteiger partial charge < -0.3 is 14.8 Å². The second kappa shape index (κ2) is 4.40. The SMILES string of the molecule is CC(C)(C)OC(=O)n1cc(B(O)O)c(C2CC2)n1. The molecule has 98 valence electrons. The molecule has 1 fully saturated rings. The lowest BCUT2D eigenvalue weighted by Gasteiger charge is -2.18. The van der Waals surface area contributed by atoms with Crippen molar-refractivity contribution < 1.29 is 19.6 Å². The first-order valence-electron chi connectivity index (χ1n) is 5.97. The highest BCUT2D eigenvalue weighted by molar-refractivity contribution is 6.59. The molecule has 1 aromatic heterocycles. The van der Waals surface area contributed by atoms with Gasteiger partial charge >= 0.3 is 13.2 Å². The maximum atomic E-state index is 11.8. The van der Waals surface area contributed by atoms with Gasteiger partial charge in [0.2, 0.25) is 0 Å². The molecule has 1 aromatic rings. The molecule has 0 unspecified atom stereocenters. The van der Waals surface area contributed by atoms with E-state index in [1.165, 1.54) is 6.20 Å². The van der Waals surface area contributed by atoms with Crippen LogP contribution in [0.25, 0.3) is 0 Å². The van der Waals surface area contributed by atoms with E-state index >= 15 is 0 Å². The van der Waals surface area contributed by atoms with E-state index in [1.807, 2.05) is 0 Å². The number of carbonyl (C=O) groups is 1. The van der Waals surface area contributed by atoms with Crippen molar-refractivity contribution in [3.05, 3.63) is 11.9 Å². The number of nitrogens with zero attached hydrogens (tertiary/aromatic N) is 2. The molecule has 1 aliphatic carbocycles. The van der Waals surface area contributed by atoms with Gasteiger partial charge in [-0.3, -0.25) is 0 Å². The Labute approximate surface area is 106 Å². The lowest BCUT2D eigenvalue weighted by molar-refractivity contribution is 0.0514. The minimum Gasteiger partial charge on any atom is -0.442 e. The van der Waals surface area contributed by atoms with Crippen molar-refractivity contribution in [3.63, 3.8) is 0 Å². The molecule has 0 spiro atoms. The maximum Gasteiger partial charge on any atom is 0.491 e. The summed E-state index contributed by atoms with van der Waals surface area (Å²) < 4.78 is 6.21. The molecule has 0 amide bonds. The zero-order chi connectivity index (χ0) is 13.5. The molecule has 2 N–H and O–H groups in total. The molecule has 0 radical (unpaired) electrons. The lowest BCUT2D eigenvalue weighted by Crippen LogP contribution is -2.32. The smallest absolute Gasteiger partial charge is 0.442 e. The molecule has 0 aromatic carbocycles. The van der Waals surface area contributed by atoms with Gasteiger partial charge in [0.15, 0.2) is 0 Å². The van der Waals surface area contributed by atoms with E-state index in [1.54, 1.807) is 20.8 Å². The summed E-state index contributed by atoms with van der Waals surface area (Å²) in [6.45, 7) is 5.29. The number of hydrogen-bond acceptors (Lipinski definition) is 5. The van der Waals surface area contributed by atoms with E-state index in [0.717, 1.165) is 17.5 Å². The summed E-state index contributed by atoms with van der Waals surface area (Å²) in [5.41, 5.74) is 0.250. The van der Waals surface area contributed by atoms with Gasteiger partial charge in [-0.05, 0) is 33.6 Å². The van der Waals surface area contributed by atoms with Crippen LogP contribution in [-0.2, 0) is 4.74 Å². The fourth-order valence-corrected chi connectivity index (χ4v) is 1.68. The summed E-state index contributed by atoms with van der Waals surface area (Å²) in [4.78, 5) is 11.8. The quantitative estimate of drug-likeness (QED) is 0.735. The van der Waals surface area contributed by atoms with Gasteiger partial charge in [0.1, 0.15) is 5.60 Å². The molecular formula is C11H17BN2O4. The van der Waals surface area contributed by atoms with Crippen molar-refractivity contribution in [1.29, 1.82) is 0 Å². The maximum absolute atomic E-state index is 11.8. The minimum atomic E-state index is -1.61. The Morgan fingerprint density at radius 3 is 2.56 bits per heavy atom. The molecule has 1 saturated carbocycles. The van der Waals surface area contributed by atoms with E-state index in [0.29, 0.717) is 5.69 Å². The number of carbonyl (C=O) groups excluding carboxylic acids is 1. The van der Waals surface area contributed by atoms with Gasteiger partial charge in [0.05, 0.1) is 5.69 Å². The molecule has 18 heavy (non-hydrogen) atoms. The Morgan fingerprint density at radius 2 is 2.11 bits per heavy atom. The van der Waals surface area contributed by atoms with Crippen LogP contribution in [0.1, 0.15) is 45.2 Å². The summed E-state index contributed by atoms with van der Waals surface area (Å²) in [6.07, 6.45) is 2.64. The monoisotopic (exact) mass is 252 g/mol. The third-order valence-electron chi connectivity index (χ3n) is 2.60. The highest BCUT2D eigenvalue weighted by Crippen LogP contribution is 2.38. The fourth-order valence-electron chi connectivity index (χ4n) is 1.68.